The molecule has 0 aliphatic carbocycles. The quantitative estimate of drug-likeness (QED) is 0.680. The Hall–Kier alpha value is -2.57. The summed E-state index contributed by atoms with van der Waals surface area (Å²) in [5.74, 6) is -0.263. The van der Waals surface area contributed by atoms with Gasteiger partial charge in [0.15, 0.2) is 0 Å². The average molecular weight is 474 g/mol. The Morgan fingerprint density at radius 3 is 2.59 bits per heavy atom. The van der Waals surface area contributed by atoms with E-state index in [-0.39, 0.29) is 17.7 Å². The Balaban J connectivity index is 1.48. The van der Waals surface area contributed by atoms with Crippen LogP contribution in [0.25, 0.3) is 0 Å². The zero-order valence-electron chi connectivity index (χ0n) is 17.7. The number of nitrogens with one attached hydrogen (secondary N) is 1. The highest BCUT2D eigenvalue weighted by molar-refractivity contribution is 6.42. The predicted octanol–water partition coefficient (Wildman–Crippen LogP) is 4.75. The van der Waals surface area contributed by atoms with Crippen LogP contribution in [0.4, 0.5) is 5.69 Å². The van der Waals surface area contributed by atoms with E-state index < -0.39 is 6.04 Å². The molecule has 3 amide bonds. The van der Waals surface area contributed by atoms with Crippen molar-refractivity contribution < 1.29 is 14.4 Å². The number of halogens is 2. The van der Waals surface area contributed by atoms with Crippen molar-refractivity contribution in [1.82, 2.24) is 9.80 Å². The van der Waals surface area contributed by atoms with Crippen LogP contribution >= 0.6 is 23.2 Å². The van der Waals surface area contributed by atoms with Crippen molar-refractivity contribution in [2.24, 2.45) is 0 Å². The summed E-state index contributed by atoms with van der Waals surface area (Å²) in [5, 5.41) is 3.63. The first-order valence-corrected chi connectivity index (χ1v) is 11.6. The van der Waals surface area contributed by atoms with E-state index in [1.54, 1.807) is 29.2 Å². The van der Waals surface area contributed by atoms with Crippen molar-refractivity contribution in [3.8, 4) is 0 Å². The van der Waals surface area contributed by atoms with Gasteiger partial charge in [0, 0.05) is 37.3 Å². The summed E-state index contributed by atoms with van der Waals surface area (Å²) in [6.45, 7) is 1.77. The first kappa shape index (κ1) is 22.6. The van der Waals surface area contributed by atoms with Crippen LogP contribution in [0.2, 0.25) is 10.0 Å². The molecule has 2 aliphatic heterocycles. The number of benzene rings is 2. The molecule has 2 fully saturated rings. The third-order valence-corrected chi connectivity index (χ3v) is 6.71. The molecule has 2 heterocycles. The third kappa shape index (κ3) is 5.08. The van der Waals surface area contributed by atoms with Crippen molar-refractivity contribution in [3.63, 3.8) is 0 Å². The number of nitrogens with zero attached hydrogens (tertiary/aromatic N) is 2. The number of rotatable bonds is 5. The molecule has 1 unspecified atom stereocenters. The fourth-order valence-corrected chi connectivity index (χ4v) is 4.60. The molecule has 2 aromatic carbocycles. The average Bonchev–Trinajstić information content (AvgIpc) is 3.20. The molecule has 2 aliphatic rings. The molecule has 8 heteroatoms. The van der Waals surface area contributed by atoms with E-state index in [1.165, 1.54) is 0 Å². The van der Waals surface area contributed by atoms with Crippen LogP contribution in [-0.4, -0.2) is 46.7 Å². The van der Waals surface area contributed by atoms with Gasteiger partial charge in [0.2, 0.25) is 11.8 Å². The van der Waals surface area contributed by atoms with Crippen molar-refractivity contribution in [1.29, 1.82) is 0 Å². The summed E-state index contributed by atoms with van der Waals surface area (Å²) in [6, 6.07) is 11.7. The predicted molar refractivity (Wildman–Crippen MR) is 125 cm³/mol. The molecule has 2 saturated heterocycles. The summed E-state index contributed by atoms with van der Waals surface area (Å²) in [6.07, 6.45) is 3.79. The maximum Gasteiger partial charge on any atom is 0.254 e. The molecule has 4 rings (SSSR count). The first-order valence-electron chi connectivity index (χ1n) is 10.9. The van der Waals surface area contributed by atoms with Crippen LogP contribution in [0.1, 0.15) is 48.0 Å². The van der Waals surface area contributed by atoms with E-state index in [0.717, 1.165) is 31.4 Å². The summed E-state index contributed by atoms with van der Waals surface area (Å²) < 4.78 is 0. The number of hydrogen-bond donors (Lipinski definition) is 1. The van der Waals surface area contributed by atoms with Gasteiger partial charge in [0.1, 0.15) is 6.04 Å². The minimum absolute atomic E-state index is 0.150. The zero-order chi connectivity index (χ0) is 22.7. The molecular formula is C24H25Cl2N3O3. The lowest BCUT2D eigenvalue weighted by atomic mass is 9.99. The van der Waals surface area contributed by atoms with Crippen LogP contribution < -0.4 is 5.32 Å². The van der Waals surface area contributed by atoms with Crippen molar-refractivity contribution in [3.05, 3.63) is 63.6 Å². The number of carbonyl (C=O) groups excluding carboxylic acids is 3. The van der Waals surface area contributed by atoms with Gasteiger partial charge in [-0.15, -0.1) is 0 Å². The van der Waals surface area contributed by atoms with Crippen LogP contribution in [0, 0.1) is 0 Å². The van der Waals surface area contributed by atoms with E-state index in [0.29, 0.717) is 47.2 Å². The topological polar surface area (TPSA) is 69.7 Å². The summed E-state index contributed by atoms with van der Waals surface area (Å²) in [7, 11) is 0. The molecule has 32 heavy (non-hydrogen) atoms. The molecule has 168 valence electrons. The van der Waals surface area contributed by atoms with Crippen LogP contribution in [-0.2, 0) is 16.1 Å². The highest BCUT2D eigenvalue weighted by Crippen LogP contribution is 2.27. The number of piperidine rings is 1. The lowest BCUT2D eigenvalue weighted by molar-refractivity contribution is -0.128. The number of amides is 3. The lowest BCUT2D eigenvalue weighted by Gasteiger charge is -2.35. The third-order valence-electron chi connectivity index (χ3n) is 5.97. The Bertz CT molecular complexity index is 1040. The maximum atomic E-state index is 13.3. The molecule has 0 spiro atoms. The Kier molecular flexibility index (Phi) is 7.01. The number of anilines is 1. The van der Waals surface area contributed by atoms with E-state index in [4.69, 9.17) is 23.2 Å². The van der Waals surface area contributed by atoms with E-state index in [2.05, 4.69) is 5.32 Å². The van der Waals surface area contributed by atoms with Crippen molar-refractivity contribution >= 4 is 46.6 Å². The van der Waals surface area contributed by atoms with E-state index in [9.17, 15) is 14.4 Å². The molecule has 2 aromatic rings. The maximum absolute atomic E-state index is 13.3. The Labute approximate surface area is 197 Å². The first-order chi connectivity index (χ1) is 15.4. The second-order valence-corrected chi connectivity index (χ2v) is 9.06. The molecule has 0 saturated carbocycles. The van der Waals surface area contributed by atoms with Gasteiger partial charge in [-0.1, -0.05) is 35.3 Å². The van der Waals surface area contributed by atoms with Crippen molar-refractivity contribution in [2.75, 3.05) is 18.4 Å². The van der Waals surface area contributed by atoms with E-state index in [1.807, 2.05) is 23.1 Å². The minimum atomic E-state index is -0.561. The SMILES string of the molecule is O=C(Nc1ccc(Cl)c(Cl)c1)C1CCCCN1C(=O)c1cccc(CN2CCCC2=O)c1. The highest BCUT2D eigenvalue weighted by Gasteiger charge is 2.33. The van der Waals surface area contributed by atoms with Gasteiger partial charge in [-0.25, -0.2) is 0 Å². The molecule has 1 atom stereocenters. The molecule has 1 N–H and O–H groups in total. The van der Waals surface area contributed by atoms with Gasteiger partial charge in [-0.05, 0) is 61.6 Å². The Morgan fingerprint density at radius 2 is 1.84 bits per heavy atom. The second-order valence-electron chi connectivity index (χ2n) is 8.25. The van der Waals surface area contributed by atoms with Gasteiger partial charge in [0.25, 0.3) is 5.91 Å². The Morgan fingerprint density at radius 1 is 1.00 bits per heavy atom. The number of hydrogen-bond acceptors (Lipinski definition) is 3. The normalized spacial score (nSPS) is 18.7. The summed E-state index contributed by atoms with van der Waals surface area (Å²) in [4.78, 5) is 41.8. The second kappa shape index (κ2) is 9.92. The van der Waals surface area contributed by atoms with Gasteiger partial charge >= 0.3 is 0 Å². The molecule has 0 aromatic heterocycles. The fourth-order valence-electron chi connectivity index (χ4n) is 4.31. The molecular weight excluding hydrogens is 449 g/mol. The number of carbonyl (C=O) groups is 3. The van der Waals surface area contributed by atoms with Crippen molar-refractivity contribution in [2.45, 2.75) is 44.7 Å². The van der Waals surface area contributed by atoms with Crippen LogP contribution in [0.15, 0.2) is 42.5 Å². The summed E-state index contributed by atoms with van der Waals surface area (Å²) in [5.41, 5.74) is 1.99. The molecule has 0 radical (unpaired) electrons. The van der Waals surface area contributed by atoms with Gasteiger partial charge < -0.3 is 15.1 Å². The van der Waals surface area contributed by atoms with Crippen LogP contribution in [0.5, 0.6) is 0 Å². The molecule has 0 bridgehead atoms. The fraction of sp³-hybridized carbons (Fsp3) is 0.375. The van der Waals surface area contributed by atoms with Gasteiger partial charge in [-0.3, -0.25) is 14.4 Å². The standard InChI is InChI=1S/C24H25Cl2N3O3/c25-19-10-9-18(14-20(19)26)27-23(31)21-7-1-2-12-29(21)24(32)17-6-3-5-16(13-17)15-28-11-4-8-22(28)30/h3,5-6,9-10,13-14,21H,1-2,4,7-8,11-12,15H2,(H,27,31). The highest BCUT2D eigenvalue weighted by atomic mass is 35.5. The van der Waals surface area contributed by atoms with E-state index >= 15 is 0 Å². The van der Waals surface area contributed by atoms with Gasteiger partial charge in [0.05, 0.1) is 10.0 Å². The number of likely N-dealkylation sites (tertiary alicyclic amines) is 2. The smallest absolute Gasteiger partial charge is 0.254 e. The summed E-state index contributed by atoms with van der Waals surface area (Å²) >= 11 is 12.0. The minimum Gasteiger partial charge on any atom is -0.338 e. The largest absolute Gasteiger partial charge is 0.338 e. The van der Waals surface area contributed by atoms with Crippen LogP contribution in [0.3, 0.4) is 0 Å². The lowest BCUT2D eigenvalue weighted by Crippen LogP contribution is -2.50. The molecule has 6 nitrogen and oxygen atoms in total. The van der Waals surface area contributed by atoms with Gasteiger partial charge in [-0.2, -0.15) is 0 Å². The monoisotopic (exact) mass is 473 g/mol. The zero-order valence-corrected chi connectivity index (χ0v) is 19.2.